The quantitative estimate of drug-likeness (QED) is 0.635. The van der Waals surface area contributed by atoms with Gasteiger partial charge in [0.1, 0.15) is 0 Å². The maximum Gasteiger partial charge on any atom is 0.239 e. The van der Waals surface area contributed by atoms with Crippen molar-refractivity contribution >= 4 is 11.8 Å². The molecule has 2 rings (SSSR count). The summed E-state index contributed by atoms with van der Waals surface area (Å²) >= 11 is 0. The highest BCUT2D eigenvalue weighted by molar-refractivity contribution is 5.87. The normalized spacial score (nSPS) is 22.9. The zero-order valence-electron chi connectivity index (χ0n) is 10.3. The van der Waals surface area contributed by atoms with Crippen LogP contribution in [0.4, 0.5) is 0 Å². The van der Waals surface area contributed by atoms with E-state index < -0.39 is 0 Å². The van der Waals surface area contributed by atoms with E-state index in [4.69, 9.17) is 0 Å². The Morgan fingerprint density at radius 2 is 1.94 bits per heavy atom. The molecule has 0 radical (unpaired) electrons. The van der Waals surface area contributed by atoms with E-state index in [1.165, 1.54) is 0 Å². The van der Waals surface area contributed by atoms with Crippen LogP contribution in [0.5, 0.6) is 0 Å². The molecule has 0 bridgehead atoms. The molecule has 5 heteroatoms. The van der Waals surface area contributed by atoms with Gasteiger partial charge in [0.15, 0.2) is 0 Å². The molecule has 1 aliphatic carbocycles. The van der Waals surface area contributed by atoms with Gasteiger partial charge in [0.05, 0.1) is 6.54 Å². The van der Waals surface area contributed by atoms with Crippen LogP contribution < -0.4 is 16.0 Å². The molecule has 1 saturated carbocycles. The molecule has 1 heterocycles. The fraction of sp³-hybridized carbons (Fsp3) is 0.833. The highest BCUT2D eigenvalue weighted by atomic mass is 16.2. The van der Waals surface area contributed by atoms with E-state index in [-0.39, 0.29) is 23.8 Å². The lowest BCUT2D eigenvalue weighted by Gasteiger charge is -2.32. The van der Waals surface area contributed by atoms with Gasteiger partial charge in [-0.3, -0.25) is 9.59 Å². The molecule has 3 N–H and O–H groups in total. The first-order chi connectivity index (χ1) is 8.10. The number of carbonyl (C=O) groups excluding carboxylic acids is 2. The van der Waals surface area contributed by atoms with Crippen molar-refractivity contribution in [2.75, 3.05) is 19.6 Å². The first-order valence-corrected chi connectivity index (χ1v) is 6.38. The molecule has 2 amide bonds. The summed E-state index contributed by atoms with van der Waals surface area (Å²) in [7, 11) is 0. The lowest BCUT2D eigenvalue weighted by Crippen LogP contribution is -2.48. The average Bonchev–Trinajstić information content (AvgIpc) is 3.11. The summed E-state index contributed by atoms with van der Waals surface area (Å²) in [5, 5.41) is 8.84. The highest BCUT2D eigenvalue weighted by Gasteiger charge is 2.34. The van der Waals surface area contributed by atoms with Gasteiger partial charge in [0.2, 0.25) is 11.8 Å². The summed E-state index contributed by atoms with van der Waals surface area (Å²) in [6, 6.07) is 0.355. The van der Waals surface area contributed by atoms with Crippen molar-refractivity contribution in [3.8, 4) is 0 Å². The predicted molar refractivity (Wildman–Crippen MR) is 64.4 cm³/mol. The Morgan fingerprint density at radius 3 is 2.53 bits per heavy atom. The summed E-state index contributed by atoms with van der Waals surface area (Å²) in [5.41, 5.74) is -0.314. The monoisotopic (exact) mass is 239 g/mol. The van der Waals surface area contributed by atoms with Crippen molar-refractivity contribution in [1.29, 1.82) is 0 Å². The van der Waals surface area contributed by atoms with Gasteiger partial charge >= 0.3 is 0 Å². The van der Waals surface area contributed by atoms with Crippen molar-refractivity contribution in [3.63, 3.8) is 0 Å². The fourth-order valence-electron chi connectivity index (χ4n) is 2.09. The zero-order valence-corrected chi connectivity index (χ0v) is 10.3. The van der Waals surface area contributed by atoms with Gasteiger partial charge in [-0.25, -0.2) is 0 Å². The first kappa shape index (κ1) is 12.4. The summed E-state index contributed by atoms with van der Waals surface area (Å²) < 4.78 is 0. The minimum absolute atomic E-state index is 0.00458. The molecule has 2 aliphatic rings. The standard InChI is InChI=1S/C12H21N3O2/c1-12(4-6-13-7-5-12)11(17)14-8-10(16)15-9-2-3-9/h9,13H,2-8H2,1H3,(H,14,17)(H,15,16). The molecule has 0 aromatic rings. The molecule has 0 atom stereocenters. The summed E-state index contributed by atoms with van der Waals surface area (Å²) in [6.45, 7) is 3.83. The second kappa shape index (κ2) is 5.04. The Hall–Kier alpha value is -1.10. The number of amides is 2. The topological polar surface area (TPSA) is 70.2 Å². The van der Waals surface area contributed by atoms with Gasteiger partial charge in [-0.05, 0) is 38.8 Å². The van der Waals surface area contributed by atoms with E-state index in [9.17, 15) is 9.59 Å². The summed E-state index contributed by atoms with van der Waals surface area (Å²) in [6.07, 6.45) is 3.82. The molecule has 2 fully saturated rings. The Bertz CT molecular complexity index is 307. The third-order valence-electron chi connectivity index (χ3n) is 3.61. The van der Waals surface area contributed by atoms with E-state index in [1.54, 1.807) is 0 Å². The third-order valence-corrected chi connectivity index (χ3v) is 3.61. The van der Waals surface area contributed by atoms with Crippen molar-refractivity contribution < 1.29 is 9.59 Å². The largest absolute Gasteiger partial charge is 0.352 e. The minimum Gasteiger partial charge on any atom is -0.352 e. The Balaban J connectivity index is 1.73. The van der Waals surface area contributed by atoms with Crippen LogP contribution in [0, 0.1) is 5.41 Å². The lowest BCUT2D eigenvalue weighted by atomic mass is 9.80. The van der Waals surface area contributed by atoms with Crippen molar-refractivity contribution in [2.45, 2.75) is 38.6 Å². The Kier molecular flexibility index (Phi) is 3.66. The van der Waals surface area contributed by atoms with Crippen LogP contribution in [0.2, 0.25) is 0 Å². The second-order valence-electron chi connectivity index (χ2n) is 5.34. The fourth-order valence-corrected chi connectivity index (χ4v) is 2.09. The minimum atomic E-state index is -0.314. The van der Waals surface area contributed by atoms with Crippen LogP contribution >= 0.6 is 0 Å². The molecule has 0 spiro atoms. The van der Waals surface area contributed by atoms with Gasteiger partial charge in [-0.15, -0.1) is 0 Å². The maximum absolute atomic E-state index is 12.0. The molecular weight excluding hydrogens is 218 g/mol. The van der Waals surface area contributed by atoms with Crippen molar-refractivity contribution in [1.82, 2.24) is 16.0 Å². The lowest BCUT2D eigenvalue weighted by molar-refractivity contribution is -0.133. The van der Waals surface area contributed by atoms with E-state index in [1.807, 2.05) is 6.92 Å². The Morgan fingerprint density at radius 1 is 1.29 bits per heavy atom. The van der Waals surface area contributed by atoms with E-state index in [0.717, 1.165) is 38.8 Å². The molecule has 96 valence electrons. The molecule has 17 heavy (non-hydrogen) atoms. The smallest absolute Gasteiger partial charge is 0.239 e. The molecule has 0 unspecified atom stereocenters. The van der Waals surface area contributed by atoms with Crippen LogP contribution in [-0.4, -0.2) is 37.5 Å². The number of hydrogen-bond donors (Lipinski definition) is 3. The van der Waals surface area contributed by atoms with Gasteiger partial charge in [0, 0.05) is 11.5 Å². The predicted octanol–water partition coefficient (Wildman–Crippen LogP) is -0.229. The summed E-state index contributed by atoms with van der Waals surface area (Å²) in [5.74, 6) is -0.0664. The summed E-state index contributed by atoms with van der Waals surface area (Å²) in [4.78, 5) is 23.5. The molecule has 1 saturated heterocycles. The number of nitrogens with one attached hydrogen (secondary N) is 3. The van der Waals surface area contributed by atoms with Gasteiger partial charge in [-0.2, -0.15) is 0 Å². The van der Waals surface area contributed by atoms with Crippen LogP contribution in [-0.2, 0) is 9.59 Å². The average molecular weight is 239 g/mol. The Labute approximate surface area is 102 Å². The molecular formula is C12H21N3O2. The SMILES string of the molecule is CC1(C(=O)NCC(=O)NC2CC2)CCNCC1. The number of piperidine rings is 1. The molecule has 0 aromatic heterocycles. The molecule has 0 aromatic carbocycles. The molecule has 5 nitrogen and oxygen atoms in total. The van der Waals surface area contributed by atoms with Crippen LogP contribution in [0.3, 0.4) is 0 Å². The maximum atomic E-state index is 12.0. The number of rotatable bonds is 4. The molecule has 1 aliphatic heterocycles. The van der Waals surface area contributed by atoms with E-state index in [2.05, 4.69) is 16.0 Å². The van der Waals surface area contributed by atoms with Crippen molar-refractivity contribution in [3.05, 3.63) is 0 Å². The number of hydrogen-bond acceptors (Lipinski definition) is 3. The number of carbonyl (C=O) groups is 2. The van der Waals surface area contributed by atoms with Crippen LogP contribution in [0.1, 0.15) is 32.6 Å². The van der Waals surface area contributed by atoms with Gasteiger partial charge in [-0.1, -0.05) is 6.92 Å². The first-order valence-electron chi connectivity index (χ1n) is 6.38. The van der Waals surface area contributed by atoms with E-state index in [0.29, 0.717) is 6.04 Å². The second-order valence-corrected chi connectivity index (χ2v) is 5.34. The van der Waals surface area contributed by atoms with Gasteiger partial charge in [0.25, 0.3) is 0 Å². The van der Waals surface area contributed by atoms with Crippen LogP contribution in [0.15, 0.2) is 0 Å². The zero-order chi connectivity index (χ0) is 12.3. The van der Waals surface area contributed by atoms with E-state index >= 15 is 0 Å². The van der Waals surface area contributed by atoms with Crippen molar-refractivity contribution in [2.24, 2.45) is 5.41 Å². The third kappa shape index (κ3) is 3.43. The highest BCUT2D eigenvalue weighted by Crippen LogP contribution is 2.27. The van der Waals surface area contributed by atoms with Crippen LogP contribution in [0.25, 0.3) is 0 Å². The van der Waals surface area contributed by atoms with Gasteiger partial charge < -0.3 is 16.0 Å².